The summed E-state index contributed by atoms with van der Waals surface area (Å²) in [6, 6.07) is 0.0744. The summed E-state index contributed by atoms with van der Waals surface area (Å²) in [7, 11) is 0. The Labute approximate surface area is 97.8 Å². The number of fused-ring (bicyclic) bond motifs is 1. The number of hydrogen-bond donors (Lipinski definition) is 0. The molecule has 6 heteroatoms. The van der Waals surface area contributed by atoms with Crippen molar-refractivity contribution >= 4 is 10.8 Å². The highest BCUT2D eigenvalue weighted by Crippen LogP contribution is 2.32. The SMILES string of the molecule is [CH2]Cc1c(F)c(F)c2c(F)c(F)cc(F)c2c1F. The average Bonchev–Trinajstić information content (AvgIpc) is 2.31. The van der Waals surface area contributed by atoms with Gasteiger partial charge >= 0.3 is 0 Å². The first kappa shape index (κ1) is 12.7. The molecule has 95 valence electrons. The van der Waals surface area contributed by atoms with Gasteiger partial charge in [-0.2, -0.15) is 0 Å². The van der Waals surface area contributed by atoms with Crippen LogP contribution < -0.4 is 0 Å². The van der Waals surface area contributed by atoms with Gasteiger partial charge in [-0.15, -0.1) is 0 Å². The fourth-order valence-electron chi connectivity index (χ4n) is 1.73. The van der Waals surface area contributed by atoms with Gasteiger partial charge in [0.15, 0.2) is 23.3 Å². The smallest absolute Gasteiger partial charge is 0.170 e. The van der Waals surface area contributed by atoms with E-state index < -0.39 is 57.7 Å². The highest BCUT2D eigenvalue weighted by molar-refractivity contribution is 5.86. The summed E-state index contributed by atoms with van der Waals surface area (Å²) in [4.78, 5) is 0. The van der Waals surface area contributed by atoms with E-state index in [0.29, 0.717) is 0 Å². The second-order valence-corrected chi connectivity index (χ2v) is 3.57. The zero-order chi connectivity index (χ0) is 13.6. The maximum atomic E-state index is 13.7. The van der Waals surface area contributed by atoms with Crippen molar-refractivity contribution in [2.45, 2.75) is 6.42 Å². The lowest BCUT2D eigenvalue weighted by Crippen LogP contribution is -2.04. The number of benzene rings is 2. The lowest BCUT2D eigenvalue weighted by molar-refractivity contribution is 0.472. The fourth-order valence-corrected chi connectivity index (χ4v) is 1.73. The van der Waals surface area contributed by atoms with Crippen LogP contribution in [0.1, 0.15) is 5.56 Å². The second-order valence-electron chi connectivity index (χ2n) is 3.57. The largest absolute Gasteiger partial charge is 0.206 e. The van der Waals surface area contributed by atoms with Crippen molar-refractivity contribution in [2.24, 2.45) is 0 Å². The highest BCUT2D eigenvalue weighted by Gasteiger charge is 2.25. The van der Waals surface area contributed by atoms with Crippen LogP contribution in [0.25, 0.3) is 10.8 Å². The van der Waals surface area contributed by atoms with Crippen LogP contribution in [-0.4, -0.2) is 0 Å². The normalized spacial score (nSPS) is 11.3. The topological polar surface area (TPSA) is 0 Å². The zero-order valence-corrected chi connectivity index (χ0v) is 8.76. The molecule has 0 fully saturated rings. The summed E-state index contributed by atoms with van der Waals surface area (Å²) in [6.45, 7) is 3.16. The first-order valence-corrected chi connectivity index (χ1v) is 4.81. The lowest BCUT2D eigenvalue weighted by atomic mass is 10.0. The molecule has 0 heterocycles. The number of hydrogen-bond acceptors (Lipinski definition) is 0. The Bertz CT molecular complexity index is 647. The molecule has 0 aliphatic rings. The van der Waals surface area contributed by atoms with Crippen LogP contribution in [0.15, 0.2) is 6.07 Å². The predicted octanol–water partition coefficient (Wildman–Crippen LogP) is 4.05. The molecule has 0 aliphatic heterocycles. The molecule has 0 saturated heterocycles. The molecule has 0 unspecified atom stereocenters. The molecule has 2 aromatic carbocycles. The summed E-state index contributed by atoms with van der Waals surface area (Å²) >= 11 is 0. The van der Waals surface area contributed by atoms with Gasteiger partial charge < -0.3 is 0 Å². The zero-order valence-electron chi connectivity index (χ0n) is 8.76. The van der Waals surface area contributed by atoms with Gasteiger partial charge in [0.1, 0.15) is 11.6 Å². The Morgan fingerprint density at radius 2 is 1.33 bits per heavy atom. The van der Waals surface area contributed by atoms with E-state index in [0.717, 1.165) is 0 Å². The molecule has 0 spiro atoms. The van der Waals surface area contributed by atoms with Crippen molar-refractivity contribution in [3.05, 3.63) is 53.5 Å². The Hall–Kier alpha value is -1.72. The minimum absolute atomic E-state index is 0.0744. The van der Waals surface area contributed by atoms with Gasteiger partial charge in [0, 0.05) is 11.6 Å². The highest BCUT2D eigenvalue weighted by atomic mass is 19.2. The summed E-state index contributed by atoms with van der Waals surface area (Å²) in [5.41, 5.74) is -0.815. The van der Waals surface area contributed by atoms with E-state index >= 15 is 0 Å². The van der Waals surface area contributed by atoms with Crippen molar-refractivity contribution in [3.63, 3.8) is 0 Å². The van der Waals surface area contributed by atoms with Gasteiger partial charge in [0.2, 0.25) is 0 Å². The molecule has 2 rings (SSSR count). The van der Waals surface area contributed by atoms with Crippen LogP contribution in [0.3, 0.4) is 0 Å². The molecule has 0 bridgehead atoms. The molecule has 1 radical (unpaired) electrons. The molecular formula is C12H5F6. The van der Waals surface area contributed by atoms with Crippen molar-refractivity contribution < 1.29 is 26.3 Å². The molecule has 0 amide bonds. The number of halogens is 6. The molecule has 0 nitrogen and oxygen atoms in total. The van der Waals surface area contributed by atoms with Crippen molar-refractivity contribution in [1.82, 2.24) is 0 Å². The Balaban J connectivity index is 3.12. The van der Waals surface area contributed by atoms with Gasteiger partial charge in [0.25, 0.3) is 0 Å². The van der Waals surface area contributed by atoms with Crippen LogP contribution in [0, 0.1) is 41.8 Å². The van der Waals surface area contributed by atoms with Crippen molar-refractivity contribution in [2.75, 3.05) is 0 Å². The van der Waals surface area contributed by atoms with Gasteiger partial charge in [-0.25, -0.2) is 26.3 Å². The molecule has 0 atom stereocenters. The van der Waals surface area contributed by atoms with Crippen LogP contribution >= 0.6 is 0 Å². The first-order valence-electron chi connectivity index (χ1n) is 4.81. The maximum Gasteiger partial charge on any atom is 0.170 e. The van der Waals surface area contributed by atoms with Gasteiger partial charge in [-0.3, -0.25) is 0 Å². The summed E-state index contributed by atoms with van der Waals surface area (Å²) in [5, 5.41) is -2.49. The monoisotopic (exact) mass is 263 g/mol. The Morgan fingerprint density at radius 3 is 1.89 bits per heavy atom. The third-order valence-electron chi connectivity index (χ3n) is 2.58. The molecule has 0 aromatic heterocycles. The molecule has 0 aliphatic carbocycles. The van der Waals surface area contributed by atoms with Crippen molar-refractivity contribution in [1.29, 1.82) is 0 Å². The summed E-state index contributed by atoms with van der Waals surface area (Å²) in [6.07, 6.45) is -0.497. The number of rotatable bonds is 1. The van der Waals surface area contributed by atoms with Crippen LogP contribution in [-0.2, 0) is 6.42 Å². The van der Waals surface area contributed by atoms with Gasteiger partial charge in [-0.05, 0) is 13.3 Å². The molecule has 2 aromatic rings. The van der Waals surface area contributed by atoms with Crippen LogP contribution in [0.2, 0.25) is 0 Å². The molecule has 0 N–H and O–H groups in total. The Morgan fingerprint density at radius 1 is 0.722 bits per heavy atom. The minimum atomic E-state index is -1.84. The summed E-state index contributed by atoms with van der Waals surface area (Å²) < 4.78 is 80.1. The van der Waals surface area contributed by atoms with Gasteiger partial charge in [0.05, 0.1) is 10.8 Å². The van der Waals surface area contributed by atoms with E-state index in [1.165, 1.54) is 0 Å². The minimum Gasteiger partial charge on any atom is -0.206 e. The Kier molecular flexibility index (Phi) is 2.96. The van der Waals surface area contributed by atoms with E-state index in [1.807, 2.05) is 0 Å². The quantitative estimate of drug-likeness (QED) is 0.538. The van der Waals surface area contributed by atoms with E-state index in [9.17, 15) is 26.3 Å². The standard InChI is InChI=1S/C12H5F6/c1-2-4-9(15)7-5(13)3-6(14)11(17)8(7)12(18)10(4)16/h3H,1-2H2. The lowest BCUT2D eigenvalue weighted by Gasteiger charge is -2.10. The molecule has 0 saturated carbocycles. The first-order chi connectivity index (χ1) is 8.40. The van der Waals surface area contributed by atoms with E-state index in [4.69, 9.17) is 0 Å². The average molecular weight is 263 g/mol. The fraction of sp³-hybridized carbons (Fsp3) is 0.0833. The van der Waals surface area contributed by atoms with Crippen LogP contribution in [0.5, 0.6) is 0 Å². The second kappa shape index (κ2) is 4.19. The van der Waals surface area contributed by atoms with E-state index in [1.54, 1.807) is 0 Å². The van der Waals surface area contributed by atoms with Crippen molar-refractivity contribution in [3.8, 4) is 0 Å². The maximum absolute atomic E-state index is 13.7. The molecular weight excluding hydrogens is 258 g/mol. The van der Waals surface area contributed by atoms with Crippen LogP contribution in [0.4, 0.5) is 26.3 Å². The van der Waals surface area contributed by atoms with Gasteiger partial charge in [-0.1, -0.05) is 0 Å². The van der Waals surface area contributed by atoms with E-state index in [-0.39, 0.29) is 6.07 Å². The third-order valence-corrected chi connectivity index (χ3v) is 2.58. The third kappa shape index (κ3) is 1.55. The summed E-state index contributed by atoms with van der Waals surface area (Å²) in [5.74, 6) is -10.1. The van der Waals surface area contributed by atoms with E-state index in [2.05, 4.69) is 6.92 Å². The molecule has 18 heavy (non-hydrogen) atoms. The predicted molar refractivity (Wildman–Crippen MR) is 52.8 cm³/mol.